The van der Waals surface area contributed by atoms with Crippen LogP contribution in [0.2, 0.25) is 0 Å². The van der Waals surface area contributed by atoms with E-state index in [1.54, 1.807) is 22.9 Å². The number of nitrogens with zero attached hydrogens (tertiary/aromatic N) is 4. The standard InChI is InChI=1S/C16H19N5O4S/c1-16(2,3)21-15(18-19-20-21)26-9-13(22)17-14(23)12-8-24-10-6-4-5-7-11(10)25-12/h4-7,12H,8-9H2,1-3H3,(H,17,22,23)/t12-/m1/s1. The largest absolute Gasteiger partial charge is 0.485 e. The van der Waals surface area contributed by atoms with Crippen LogP contribution < -0.4 is 14.8 Å². The van der Waals surface area contributed by atoms with Gasteiger partial charge in [0, 0.05) is 0 Å². The predicted octanol–water partition coefficient (Wildman–Crippen LogP) is 1.00. The summed E-state index contributed by atoms with van der Waals surface area (Å²) in [7, 11) is 0. The number of para-hydroxylation sites is 2. The fourth-order valence-corrected chi connectivity index (χ4v) is 3.08. The van der Waals surface area contributed by atoms with E-state index in [4.69, 9.17) is 9.47 Å². The van der Waals surface area contributed by atoms with Gasteiger partial charge in [-0.05, 0) is 43.3 Å². The highest BCUT2D eigenvalue weighted by Gasteiger charge is 2.28. The number of hydrogen-bond donors (Lipinski definition) is 1. The third-order valence-electron chi connectivity index (χ3n) is 3.47. The average Bonchev–Trinajstić information content (AvgIpc) is 3.08. The number of aromatic nitrogens is 4. The fraction of sp³-hybridized carbons (Fsp3) is 0.438. The summed E-state index contributed by atoms with van der Waals surface area (Å²) in [6.07, 6.45) is -0.876. The zero-order chi connectivity index (χ0) is 18.7. The van der Waals surface area contributed by atoms with E-state index < -0.39 is 17.9 Å². The summed E-state index contributed by atoms with van der Waals surface area (Å²) in [5.41, 5.74) is -0.307. The van der Waals surface area contributed by atoms with Crippen LogP contribution in [0.5, 0.6) is 11.5 Å². The molecule has 9 nitrogen and oxygen atoms in total. The third-order valence-corrected chi connectivity index (χ3v) is 4.39. The molecule has 0 saturated heterocycles. The van der Waals surface area contributed by atoms with E-state index in [1.807, 2.05) is 26.8 Å². The van der Waals surface area contributed by atoms with Gasteiger partial charge in [-0.1, -0.05) is 23.9 Å². The van der Waals surface area contributed by atoms with Crippen LogP contribution in [-0.2, 0) is 15.1 Å². The number of nitrogens with one attached hydrogen (secondary N) is 1. The molecule has 0 unspecified atom stereocenters. The number of fused-ring (bicyclic) bond motifs is 1. The first-order chi connectivity index (χ1) is 12.3. The van der Waals surface area contributed by atoms with Crippen molar-refractivity contribution in [3.05, 3.63) is 24.3 Å². The molecule has 10 heteroatoms. The normalized spacial score (nSPS) is 16.2. The van der Waals surface area contributed by atoms with Crippen molar-refractivity contribution in [1.82, 2.24) is 25.5 Å². The molecule has 0 fully saturated rings. The van der Waals surface area contributed by atoms with Crippen molar-refractivity contribution in [2.75, 3.05) is 12.4 Å². The second-order valence-corrected chi connectivity index (χ2v) is 7.55. The number of amides is 2. The van der Waals surface area contributed by atoms with Crippen molar-refractivity contribution in [2.45, 2.75) is 37.6 Å². The molecule has 1 aliphatic heterocycles. The first kappa shape index (κ1) is 18.2. The van der Waals surface area contributed by atoms with Gasteiger partial charge in [0.25, 0.3) is 5.91 Å². The van der Waals surface area contributed by atoms with Crippen molar-refractivity contribution >= 4 is 23.6 Å². The molecule has 0 spiro atoms. The molecule has 138 valence electrons. The van der Waals surface area contributed by atoms with Gasteiger partial charge in [-0.25, -0.2) is 4.68 Å². The number of rotatable bonds is 4. The van der Waals surface area contributed by atoms with Crippen molar-refractivity contribution in [3.63, 3.8) is 0 Å². The molecule has 0 radical (unpaired) electrons. The number of benzene rings is 1. The lowest BCUT2D eigenvalue weighted by Crippen LogP contribution is -2.46. The number of imide groups is 1. The lowest BCUT2D eigenvalue weighted by molar-refractivity contribution is -0.135. The van der Waals surface area contributed by atoms with E-state index in [0.29, 0.717) is 16.7 Å². The maximum atomic E-state index is 12.2. The highest BCUT2D eigenvalue weighted by Crippen LogP contribution is 2.30. The Balaban J connectivity index is 1.53. The van der Waals surface area contributed by atoms with Crippen molar-refractivity contribution in [1.29, 1.82) is 0 Å². The molecule has 2 aromatic rings. The molecular weight excluding hydrogens is 358 g/mol. The van der Waals surface area contributed by atoms with Gasteiger partial charge in [0.1, 0.15) is 6.61 Å². The van der Waals surface area contributed by atoms with Crippen LogP contribution in [0.1, 0.15) is 20.8 Å². The molecule has 3 rings (SSSR count). The summed E-state index contributed by atoms with van der Waals surface area (Å²) in [5, 5.41) is 14.3. The number of carbonyl (C=O) groups is 2. The first-order valence-electron chi connectivity index (χ1n) is 7.98. The highest BCUT2D eigenvalue weighted by molar-refractivity contribution is 7.99. The molecule has 1 atom stereocenters. The Bertz CT molecular complexity index is 817. The molecule has 2 heterocycles. The molecule has 0 bridgehead atoms. The molecule has 1 aromatic carbocycles. The van der Waals surface area contributed by atoms with Crippen LogP contribution in [0.25, 0.3) is 0 Å². The third kappa shape index (κ3) is 4.13. The molecule has 1 aromatic heterocycles. The Morgan fingerprint density at radius 3 is 2.77 bits per heavy atom. The quantitative estimate of drug-likeness (QED) is 0.786. The van der Waals surface area contributed by atoms with Crippen LogP contribution in [0, 0.1) is 0 Å². The smallest absolute Gasteiger partial charge is 0.271 e. The monoisotopic (exact) mass is 377 g/mol. The van der Waals surface area contributed by atoms with Gasteiger partial charge < -0.3 is 9.47 Å². The second kappa shape index (κ2) is 7.32. The predicted molar refractivity (Wildman–Crippen MR) is 93.0 cm³/mol. The zero-order valence-corrected chi connectivity index (χ0v) is 15.4. The maximum absolute atomic E-state index is 12.2. The van der Waals surface area contributed by atoms with Gasteiger partial charge in [0.05, 0.1) is 11.3 Å². The van der Waals surface area contributed by atoms with Crippen molar-refractivity contribution in [2.24, 2.45) is 0 Å². The summed E-state index contributed by atoms with van der Waals surface area (Å²) in [5.74, 6) is 0.0655. The molecule has 0 saturated carbocycles. The average molecular weight is 377 g/mol. The fourth-order valence-electron chi connectivity index (χ4n) is 2.22. The number of hydrogen-bond acceptors (Lipinski definition) is 8. The molecule has 1 N–H and O–H groups in total. The number of ether oxygens (including phenoxy) is 2. The molecule has 1 aliphatic rings. The van der Waals surface area contributed by atoms with Crippen LogP contribution in [0.4, 0.5) is 0 Å². The zero-order valence-electron chi connectivity index (χ0n) is 14.6. The van der Waals surface area contributed by atoms with Gasteiger partial charge in [0.15, 0.2) is 11.5 Å². The number of thioether (sulfide) groups is 1. The summed E-state index contributed by atoms with van der Waals surface area (Å²) in [6.45, 7) is 5.91. The lowest BCUT2D eigenvalue weighted by atomic mass is 10.1. The number of carbonyl (C=O) groups excluding carboxylic acids is 2. The minimum Gasteiger partial charge on any atom is -0.485 e. The highest BCUT2D eigenvalue weighted by atomic mass is 32.2. The van der Waals surface area contributed by atoms with E-state index >= 15 is 0 Å². The second-order valence-electron chi connectivity index (χ2n) is 6.61. The van der Waals surface area contributed by atoms with Gasteiger partial charge in [0.2, 0.25) is 17.2 Å². The lowest BCUT2D eigenvalue weighted by Gasteiger charge is -2.25. The molecule has 0 aliphatic carbocycles. The summed E-state index contributed by atoms with van der Waals surface area (Å²) >= 11 is 1.16. The van der Waals surface area contributed by atoms with Crippen molar-refractivity contribution in [3.8, 4) is 11.5 Å². The van der Waals surface area contributed by atoms with Crippen LogP contribution in [-0.4, -0.2) is 50.5 Å². The number of tetrazole rings is 1. The van der Waals surface area contributed by atoms with E-state index in [9.17, 15) is 9.59 Å². The van der Waals surface area contributed by atoms with E-state index in [2.05, 4.69) is 20.8 Å². The van der Waals surface area contributed by atoms with E-state index in [-0.39, 0.29) is 17.9 Å². The molecule has 2 amide bonds. The van der Waals surface area contributed by atoms with E-state index in [1.165, 1.54) is 0 Å². The SMILES string of the molecule is CC(C)(C)n1nnnc1SCC(=O)NC(=O)[C@H]1COc2ccccc2O1. The first-order valence-corrected chi connectivity index (χ1v) is 8.97. The van der Waals surface area contributed by atoms with Gasteiger partial charge in [-0.2, -0.15) is 0 Å². The van der Waals surface area contributed by atoms with Gasteiger partial charge >= 0.3 is 0 Å². The minimum atomic E-state index is -0.876. The van der Waals surface area contributed by atoms with Crippen LogP contribution in [0.15, 0.2) is 29.4 Å². The Hall–Kier alpha value is -2.62. The van der Waals surface area contributed by atoms with Crippen LogP contribution in [0.3, 0.4) is 0 Å². The summed E-state index contributed by atoms with van der Waals surface area (Å²) < 4.78 is 12.7. The Kier molecular flexibility index (Phi) is 5.12. The molecular formula is C16H19N5O4S. The minimum absolute atomic E-state index is 0.00631. The summed E-state index contributed by atoms with van der Waals surface area (Å²) in [4.78, 5) is 24.3. The maximum Gasteiger partial charge on any atom is 0.271 e. The van der Waals surface area contributed by atoms with E-state index in [0.717, 1.165) is 11.8 Å². The topological polar surface area (TPSA) is 108 Å². The van der Waals surface area contributed by atoms with Gasteiger partial charge in [-0.15, -0.1) is 5.10 Å². The Morgan fingerprint density at radius 2 is 2.04 bits per heavy atom. The Labute approximate surface area is 154 Å². The summed E-state index contributed by atoms with van der Waals surface area (Å²) in [6, 6.07) is 7.06. The molecule has 26 heavy (non-hydrogen) atoms. The van der Waals surface area contributed by atoms with Crippen molar-refractivity contribution < 1.29 is 19.1 Å². The Morgan fingerprint density at radius 1 is 1.31 bits per heavy atom. The van der Waals surface area contributed by atoms with Crippen LogP contribution >= 0.6 is 11.8 Å². The van der Waals surface area contributed by atoms with Gasteiger partial charge in [-0.3, -0.25) is 14.9 Å².